The zero-order valence-corrected chi connectivity index (χ0v) is 6.64. The zero-order chi connectivity index (χ0) is 9.26. The Morgan fingerprint density at radius 2 is 2.08 bits per heavy atom. The molecule has 0 aliphatic carbocycles. The van der Waals surface area contributed by atoms with E-state index in [1.807, 2.05) is 0 Å². The summed E-state index contributed by atoms with van der Waals surface area (Å²) >= 11 is 0. The molecule has 0 aliphatic rings. The molecule has 0 saturated heterocycles. The van der Waals surface area contributed by atoms with Gasteiger partial charge in [0.05, 0.1) is 11.9 Å². The first-order chi connectivity index (χ1) is 6.27. The van der Waals surface area contributed by atoms with Crippen molar-refractivity contribution in [2.45, 2.75) is 0 Å². The molecule has 0 aliphatic heterocycles. The fourth-order valence-corrected chi connectivity index (χ4v) is 1.08. The Kier molecular flexibility index (Phi) is 1.63. The highest BCUT2D eigenvalue weighted by atomic mass is 16.3. The van der Waals surface area contributed by atoms with Crippen molar-refractivity contribution in [1.29, 1.82) is 0 Å². The molecular weight excluding hydrogens is 170 g/mol. The van der Waals surface area contributed by atoms with E-state index in [2.05, 4.69) is 9.97 Å². The van der Waals surface area contributed by atoms with Gasteiger partial charge in [0.15, 0.2) is 0 Å². The smallest absolute Gasteiger partial charge is 0.332 e. The van der Waals surface area contributed by atoms with E-state index in [-0.39, 0.29) is 11.6 Å². The minimum atomic E-state index is -0.372. The van der Waals surface area contributed by atoms with Crippen LogP contribution in [0.2, 0.25) is 0 Å². The van der Waals surface area contributed by atoms with Gasteiger partial charge in [-0.3, -0.25) is 14.5 Å². The molecule has 13 heavy (non-hydrogen) atoms. The molecule has 0 radical (unpaired) electrons. The van der Waals surface area contributed by atoms with Crippen molar-refractivity contribution in [2.24, 2.45) is 0 Å². The van der Waals surface area contributed by atoms with Crippen LogP contribution < -0.4 is 5.69 Å². The third-order valence-corrected chi connectivity index (χ3v) is 1.65. The van der Waals surface area contributed by atoms with Gasteiger partial charge in [-0.05, 0) is 12.1 Å². The summed E-state index contributed by atoms with van der Waals surface area (Å²) < 4.78 is 1.30. The second-order valence-corrected chi connectivity index (χ2v) is 2.52. The molecule has 2 rings (SSSR count). The first kappa shape index (κ1) is 7.60. The van der Waals surface area contributed by atoms with E-state index in [1.54, 1.807) is 24.5 Å². The van der Waals surface area contributed by atoms with Crippen LogP contribution in [0.15, 0.2) is 35.5 Å². The maximum atomic E-state index is 11.2. The van der Waals surface area contributed by atoms with Gasteiger partial charge >= 0.3 is 5.69 Å². The number of hydrogen-bond acceptors (Lipinski definition) is 3. The minimum Gasteiger partial charge on any atom is -0.493 e. The standard InChI is InChI=1S/C8H7N3O2/c12-7-5-11(8(13)10-7)6-1-3-9-4-2-6/h1-5,12H,(H,10,13). The summed E-state index contributed by atoms with van der Waals surface area (Å²) in [6.07, 6.45) is 4.47. The summed E-state index contributed by atoms with van der Waals surface area (Å²) in [4.78, 5) is 17.2. The Morgan fingerprint density at radius 3 is 2.62 bits per heavy atom. The maximum absolute atomic E-state index is 11.2. The molecular formula is C8H7N3O2. The first-order valence-corrected chi connectivity index (χ1v) is 3.68. The van der Waals surface area contributed by atoms with Gasteiger partial charge in [-0.1, -0.05) is 0 Å². The summed E-state index contributed by atoms with van der Waals surface area (Å²) in [5.41, 5.74) is 0.292. The maximum Gasteiger partial charge on any atom is 0.332 e. The van der Waals surface area contributed by atoms with Crippen molar-refractivity contribution in [3.05, 3.63) is 41.2 Å². The number of pyridine rings is 1. The SMILES string of the molecule is O=c1[nH]c(O)cn1-c1ccncc1. The van der Waals surface area contributed by atoms with E-state index < -0.39 is 0 Å². The highest BCUT2D eigenvalue weighted by molar-refractivity contribution is 5.29. The van der Waals surface area contributed by atoms with Crippen molar-refractivity contribution in [2.75, 3.05) is 0 Å². The van der Waals surface area contributed by atoms with Gasteiger partial charge in [0, 0.05) is 12.4 Å². The van der Waals surface area contributed by atoms with E-state index in [1.165, 1.54) is 10.8 Å². The summed E-state index contributed by atoms with van der Waals surface area (Å²) in [7, 11) is 0. The Bertz CT molecular complexity index is 458. The fourth-order valence-electron chi connectivity index (χ4n) is 1.08. The van der Waals surface area contributed by atoms with Crippen molar-refractivity contribution in [1.82, 2.24) is 14.5 Å². The van der Waals surface area contributed by atoms with Gasteiger partial charge in [0.2, 0.25) is 5.88 Å². The molecule has 0 fully saturated rings. The summed E-state index contributed by atoms with van der Waals surface area (Å²) in [6, 6.07) is 3.35. The molecule has 5 nitrogen and oxygen atoms in total. The lowest BCUT2D eigenvalue weighted by Gasteiger charge is -1.97. The number of rotatable bonds is 1. The first-order valence-electron chi connectivity index (χ1n) is 3.68. The van der Waals surface area contributed by atoms with Crippen LogP contribution in [0.3, 0.4) is 0 Å². The molecule has 0 aromatic carbocycles. The summed E-state index contributed by atoms with van der Waals surface area (Å²) in [6.45, 7) is 0. The van der Waals surface area contributed by atoms with Gasteiger partial charge < -0.3 is 5.11 Å². The van der Waals surface area contributed by atoms with Gasteiger partial charge in [0.1, 0.15) is 0 Å². The highest BCUT2D eigenvalue weighted by Crippen LogP contribution is 2.05. The molecule has 0 unspecified atom stereocenters. The topological polar surface area (TPSA) is 70.9 Å². The lowest BCUT2D eigenvalue weighted by Crippen LogP contribution is -2.13. The number of hydrogen-bond donors (Lipinski definition) is 2. The van der Waals surface area contributed by atoms with E-state index in [4.69, 9.17) is 5.11 Å². The number of aromatic amines is 1. The zero-order valence-electron chi connectivity index (χ0n) is 6.64. The van der Waals surface area contributed by atoms with Gasteiger partial charge in [-0.15, -0.1) is 0 Å². The largest absolute Gasteiger partial charge is 0.493 e. The Balaban J connectivity index is 2.59. The lowest BCUT2D eigenvalue weighted by molar-refractivity contribution is 0.455. The quantitative estimate of drug-likeness (QED) is 0.656. The molecule has 2 aromatic heterocycles. The third-order valence-electron chi connectivity index (χ3n) is 1.65. The van der Waals surface area contributed by atoms with Gasteiger partial charge in [-0.25, -0.2) is 4.79 Å². The van der Waals surface area contributed by atoms with Crippen LogP contribution in [0, 0.1) is 0 Å². The number of nitrogens with zero attached hydrogens (tertiary/aromatic N) is 2. The molecule has 66 valence electrons. The number of nitrogens with one attached hydrogen (secondary N) is 1. The van der Waals surface area contributed by atoms with E-state index >= 15 is 0 Å². The number of aromatic hydroxyl groups is 1. The van der Waals surface area contributed by atoms with Crippen molar-refractivity contribution < 1.29 is 5.11 Å². The average Bonchev–Trinajstić information content (AvgIpc) is 2.47. The minimum absolute atomic E-state index is 0.151. The number of H-pyrrole nitrogens is 1. The third kappa shape index (κ3) is 1.31. The molecule has 0 saturated carbocycles. The van der Waals surface area contributed by atoms with Crippen LogP contribution in [0.4, 0.5) is 0 Å². The summed E-state index contributed by atoms with van der Waals surface area (Å²) in [5, 5.41) is 9.00. The van der Waals surface area contributed by atoms with E-state index in [9.17, 15) is 4.79 Å². The van der Waals surface area contributed by atoms with Crippen molar-refractivity contribution in [3.63, 3.8) is 0 Å². The summed E-state index contributed by atoms with van der Waals surface area (Å²) in [5.74, 6) is -0.151. The van der Waals surface area contributed by atoms with Gasteiger partial charge in [0.25, 0.3) is 0 Å². The molecule has 0 spiro atoms. The van der Waals surface area contributed by atoms with Gasteiger partial charge in [-0.2, -0.15) is 0 Å². The molecule has 0 atom stereocenters. The monoisotopic (exact) mass is 177 g/mol. The average molecular weight is 177 g/mol. The molecule has 2 heterocycles. The predicted molar refractivity (Wildman–Crippen MR) is 45.8 cm³/mol. The van der Waals surface area contributed by atoms with Crippen molar-refractivity contribution >= 4 is 0 Å². The highest BCUT2D eigenvalue weighted by Gasteiger charge is 2.02. The lowest BCUT2D eigenvalue weighted by atomic mass is 10.4. The second-order valence-electron chi connectivity index (χ2n) is 2.52. The van der Waals surface area contributed by atoms with Crippen LogP contribution >= 0.6 is 0 Å². The van der Waals surface area contributed by atoms with Crippen LogP contribution in [-0.4, -0.2) is 19.6 Å². The Labute approximate surface area is 73.3 Å². The fraction of sp³-hybridized carbons (Fsp3) is 0. The molecule has 0 bridgehead atoms. The van der Waals surface area contributed by atoms with Crippen LogP contribution in [0.1, 0.15) is 0 Å². The number of aromatic nitrogens is 3. The second kappa shape index (κ2) is 2.78. The van der Waals surface area contributed by atoms with Crippen LogP contribution in [-0.2, 0) is 0 Å². The predicted octanol–water partition coefficient (Wildman–Crippen LogP) is 0.266. The Morgan fingerprint density at radius 1 is 1.38 bits per heavy atom. The molecule has 0 amide bonds. The van der Waals surface area contributed by atoms with Crippen LogP contribution in [0.25, 0.3) is 5.69 Å². The molecule has 2 aromatic rings. The Hall–Kier alpha value is -2.04. The molecule has 5 heteroatoms. The number of imidazole rings is 1. The van der Waals surface area contributed by atoms with E-state index in [0.29, 0.717) is 5.69 Å². The normalized spacial score (nSPS) is 10.2. The van der Waals surface area contributed by atoms with Crippen molar-refractivity contribution in [3.8, 4) is 11.6 Å². The molecule has 2 N–H and O–H groups in total. The van der Waals surface area contributed by atoms with Crippen LogP contribution in [0.5, 0.6) is 5.88 Å². The van der Waals surface area contributed by atoms with E-state index in [0.717, 1.165) is 0 Å².